The molecule has 1 N–H and O–H groups in total. The first-order valence-corrected chi connectivity index (χ1v) is 4.85. The Kier molecular flexibility index (Phi) is 3.96. The van der Waals surface area contributed by atoms with E-state index in [0.29, 0.717) is 12.5 Å². The van der Waals surface area contributed by atoms with Gasteiger partial charge in [-0.2, -0.15) is 0 Å². The Morgan fingerprint density at radius 3 is 2.85 bits per heavy atom. The number of ether oxygens (including phenoxy) is 1. The minimum Gasteiger partial charge on any atom is -0.374 e. The van der Waals surface area contributed by atoms with Gasteiger partial charge in [-0.3, -0.25) is 0 Å². The van der Waals surface area contributed by atoms with Crippen molar-refractivity contribution < 1.29 is 4.74 Å². The number of hydrogen-bond acceptors (Lipinski definition) is 2. The van der Waals surface area contributed by atoms with E-state index in [2.05, 4.69) is 30.7 Å². The van der Waals surface area contributed by atoms with Crippen LogP contribution in [0.2, 0.25) is 0 Å². The second-order valence-electron chi connectivity index (χ2n) is 3.49. The van der Waals surface area contributed by atoms with Gasteiger partial charge in [-0.05, 0) is 12.3 Å². The van der Waals surface area contributed by atoms with E-state index >= 15 is 0 Å². The molecule has 0 bridgehead atoms. The average Bonchev–Trinajstić information content (AvgIpc) is 2.53. The standard InChI is InChI=1S/C10H18N2O/c1-4-5-13-7-10-11-6-9(12-10)8(2)3/h6,8H,4-5,7H2,1-3H3,(H,11,12). The van der Waals surface area contributed by atoms with E-state index in [1.807, 2.05) is 6.20 Å². The molecule has 0 aliphatic heterocycles. The summed E-state index contributed by atoms with van der Waals surface area (Å²) >= 11 is 0. The van der Waals surface area contributed by atoms with E-state index in [9.17, 15) is 0 Å². The number of rotatable bonds is 5. The molecule has 0 radical (unpaired) electrons. The van der Waals surface area contributed by atoms with Crippen LogP contribution < -0.4 is 0 Å². The van der Waals surface area contributed by atoms with Crippen LogP contribution in [0.3, 0.4) is 0 Å². The number of imidazole rings is 1. The van der Waals surface area contributed by atoms with Crippen molar-refractivity contribution in [3.05, 3.63) is 17.7 Å². The minimum absolute atomic E-state index is 0.507. The van der Waals surface area contributed by atoms with E-state index in [1.54, 1.807) is 0 Å². The van der Waals surface area contributed by atoms with Crippen molar-refractivity contribution in [2.24, 2.45) is 0 Å². The van der Waals surface area contributed by atoms with Gasteiger partial charge in [-0.1, -0.05) is 20.8 Å². The van der Waals surface area contributed by atoms with Gasteiger partial charge in [0.25, 0.3) is 0 Å². The van der Waals surface area contributed by atoms with Crippen LogP contribution in [0, 0.1) is 0 Å². The highest BCUT2D eigenvalue weighted by Crippen LogP contribution is 2.10. The Bertz CT molecular complexity index is 243. The Labute approximate surface area is 79.5 Å². The molecule has 1 aromatic heterocycles. The van der Waals surface area contributed by atoms with Crippen molar-refractivity contribution in [3.63, 3.8) is 0 Å². The third-order valence-corrected chi connectivity index (χ3v) is 1.86. The lowest BCUT2D eigenvalue weighted by atomic mass is 10.2. The predicted octanol–water partition coefficient (Wildman–Crippen LogP) is 2.46. The molecule has 0 saturated carbocycles. The molecule has 74 valence electrons. The molecule has 0 saturated heterocycles. The average molecular weight is 182 g/mol. The first-order chi connectivity index (χ1) is 6.24. The number of aromatic nitrogens is 2. The van der Waals surface area contributed by atoms with Crippen LogP contribution in [-0.4, -0.2) is 16.6 Å². The van der Waals surface area contributed by atoms with Gasteiger partial charge in [-0.15, -0.1) is 0 Å². The van der Waals surface area contributed by atoms with Crippen molar-refractivity contribution in [2.45, 2.75) is 39.7 Å². The normalized spacial score (nSPS) is 11.1. The maximum absolute atomic E-state index is 5.37. The largest absolute Gasteiger partial charge is 0.374 e. The molecule has 0 amide bonds. The van der Waals surface area contributed by atoms with Gasteiger partial charge in [0.2, 0.25) is 0 Å². The van der Waals surface area contributed by atoms with E-state index in [-0.39, 0.29) is 0 Å². The van der Waals surface area contributed by atoms with Gasteiger partial charge in [0.05, 0.1) is 0 Å². The van der Waals surface area contributed by atoms with Crippen molar-refractivity contribution in [2.75, 3.05) is 6.61 Å². The Morgan fingerprint density at radius 1 is 1.54 bits per heavy atom. The molecule has 1 heterocycles. The highest BCUT2D eigenvalue weighted by molar-refractivity contribution is 5.04. The first kappa shape index (κ1) is 10.3. The number of nitrogens with one attached hydrogen (secondary N) is 1. The molecule has 0 aromatic carbocycles. The Balaban J connectivity index is 2.40. The van der Waals surface area contributed by atoms with Gasteiger partial charge in [-0.25, -0.2) is 4.98 Å². The minimum atomic E-state index is 0.507. The fraction of sp³-hybridized carbons (Fsp3) is 0.700. The molecule has 13 heavy (non-hydrogen) atoms. The van der Waals surface area contributed by atoms with E-state index in [1.165, 1.54) is 5.69 Å². The Morgan fingerprint density at radius 2 is 2.31 bits per heavy atom. The van der Waals surface area contributed by atoms with E-state index in [4.69, 9.17) is 4.74 Å². The van der Waals surface area contributed by atoms with Crippen LogP contribution in [0.25, 0.3) is 0 Å². The maximum atomic E-state index is 5.37. The lowest BCUT2D eigenvalue weighted by Crippen LogP contribution is -1.96. The smallest absolute Gasteiger partial charge is 0.132 e. The van der Waals surface area contributed by atoms with Gasteiger partial charge in [0, 0.05) is 18.5 Å². The van der Waals surface area contributed by atoms with Crippen molar-refractivity contribution in [1.82, 2.24) is 9.97 Å². The second kappa shape index (κ2) is 5.02. The lowest BCUT2D eigenvalue weighted by molar-refractivity contribution is 0.116. The molecule has 1 rings (SSSR count). The molecule has 3 nitrogen and oxygen atoms in total. The third kappa shape index (κ3) is 3.19. The summed E-state index contributed by atoms with van der Waals surface area (Å²) in [6, 6.07) is 0. The topological polar surface area (TPSA) is 37.9 Å². The summed E-state index contributed by atoms with van der Waals surface area (Å²) in [5, 5.41) is 0. The molecule has 3 heteroatoms. The summed E-state index contributed by atoms with van der Waals surface area (Å²) in [6.45, 7) is 7.79. The maximum Gasteiger partial charge on any atom is 0.132 e. The summed E-state index contributed by atoms with van der Waals surface area (Å²) in [4.78, 5) is 7.46. The van der Waals surface area contributed by atoms with Crippen LogP contribution in [0.15, 0.2) is 6.20 Å². The molecule has 0 spiro atoms. The zero-order valence-corrected chi connectivity index (χ0v) is 8.63. The number of hydrogen-bond donors (Lipinski definition) is 1. The fourth-order valence-corrected chi connectivity index (χ4v) is 1.06. The number of H-pyrrole nitrogens is 1. The molecule has 0 atom stereocenters. The van der Waals surface area contributed by atoms with Crippen LogP contribution in [-0.2, 0) is 11.3 Å². The number of aromatic amines is 1. The van der Waals surface area contributed by atoms with E-state index < -0.39 is 0 Å². The molecule has 1 aromatic rings. The zero-order valence-electron chi connectivity index (χ0n) is 8.63. The summed E-state index contributed by atoms with van der Waals surface area (Å²) in [5.41, 5.74) is 1.18. The van der Waals surface area contributed by atoms with Crippen molar-refractivity contribution in [3.8, 4) is 0 Å². The lowest BCUT2D eigenvalue weighted by Gasteiger charge is -2.00. The van der Waals surface area contributed by atoms with Crippen LogP contribution in [0.5, 0.6) is 0 Å². The van der Waals surface area contributed by atoms with E-state index in [0.717, 1.165) is 18.9 Å². The molecular formula is C10H18N2O. The van der Waals surface area contributed by atoms with Crippen molar-refractivity contribution >= 4 is 0 Å². The Hall–Kier alpha value is -0.830. The molecule has 0 aliphatic rings. The van der Waals surface area contributed by atoms with Crippen molar-refractivity contribution in [1.29, 1.82) is 0 Å². The van der Waals surface area contributed by atoms with Gasteiger partial charge in [0.1, 0.15) is 12.4 Å². The van der Waals surface area contributed by atoms with Gasteiger partial charge >= 0.3 is 0 Å². The zero-order chi connectivity index (χ0) is 9.68. The summed E-state index contributed by atoms with van der Waals surface area (Å²) < 4.78 is 5.37. The third-order valence-electron chi connectivity index (χ3n) is 1.86. The SMILES string of the molecule is CCCOCc1ncc(C(C)C)[nH]1. The highest BCUT2D eigenvalue weighted by atomic mass is 16.5. The molecule has 0 fully saturated rings. The van der Waals surface area contributed by atoms with Crippen LogP contribution >= 0.6 is 0 Å². The summed E-state index contributed by atoms with van der Waals surface area (Å²) in [7, 11) is 0. The van der Waals surface area contributed by atoms with Crippen LogP contribution in [0.1, 0.15) is 44.6 Å². The van der Waals surface area contributed by atoms with Gasteiger partial charge in [0.15, 0.2) is 0 Å². The quantitative estimate of drug-likeness (QED) is 0.710. The predicted molar refractivity (Wildman–Crippen MR) is 52.6 cm³/mol. The summed E-state index contributed by atoms with van der Waals surface area (Å²) in [5.74, 6) is 1.43. The van der Waals surface area contributed by atoms with Gasteiger partial charge < -0.3 is 9.72 Å². The number of nitrogens with zero attached hydrogens (tertiary/aromatic N) is 1. The molecule has 0 unspecified atom stereocenters. The summed E-state index contributed by atoms with van der Waals surface area (Å²) in [6.07, 6.45) is 2.94. The fourth-order valence-electron chi connectivity index (χ4n) is 1.06. The molecular weight excluding hydrogens is 164 g/mol. The molecule has 0 aliphatic carbocycles. The first-order valence-electron chi connectivity index (χ1n) is 4.85. The van der Waals surface area contributed by atoms with Crippen LogP contribution in [0.4, 0.5) is 0 Å². The second-order valence-corrected chi connectivity index (χ2v) is 3.49. The highest BCUT2D eigenvalue weighted by Gasteiger charge is 2.03. The monoisotopic (exact) mass is 182 g/mol.